The third-order valence-corrected chi connectivity index (χ3v) is 5.13. The molecule has 1 aliphatic rings. The lowest BCUT2D eigenvalue weighted by atomic mass is 10.1. The topological polar surface area (TPSA) is 89.9 Å². The fraction of sp³-hybridized carbons (Fsp3) is 0.435. The minimum absolute atomic E-state index is 0.0576. The number of ether oxygens (including phenoxy) is 2. The quantitative estimate of drug-likeness (QED) is 0.734. The van der Waals surface area contributed by atoms with Crippen LogP contribution in [0.1, 0.15) is 53.8 Å². The maximum Gasteiger partial charge on any atom is 0.274 e. The molecule has 1 aromatic heterocycles. The maximum absolute atomic E-state index is 12.9. The van der Waals surface area contributed by atoms with Gasteiger partial charge in [0.15, 0.2) is 11.5 Å². The van der Waals surface area contributed by atoms with Crippen molar-refractivity contribution in [3.8, 4) is 11.5 Å². The van der Waals surface area contributed by atoms with Crippen molar-refractivity contribution in [2.45, 2.75) is 33.1 Å². The summed E-state index contributed by atoms with van der Waals surface area (Å²) in [6.07, 6.45) is 4.57. The second-order valence-electron chi connectivity index (χ2n) is 7.39. The van der Waals surface area contributed by atoms with E-state index in [4.69, 9.17) is 9.47 Å². The number of aryl methyl sites for hydroxylation is 1. The van der Waals surface area contributed by atoms with Gasteiger partial charge < -0.3 is 24.3 Å². The molecule has 2 amide bonds. The van der Waals surface area contributed by atoms with Crippen LogP contribution in [0.2, 0.25) is 0 Å². The first-order valence-corrected chi connectivity index (χ1v) is 10.7. The van der Waals surface area contributed by atoms with Gasteiger partial charge in [0.25, 0.3) is 17.4 Å². The monoisotopic (exact) mass is 427 g/mol. The predicted octanol–water partition coefficient (Wildman–Crippen LogP) is 3.06. The summed E-state index contributed by atoms with van der Waals surface area (Å²) in [6, 6.07) is 6.31. The summed E-state index contributed by atoms with van der Waals surface area (Å²) in [5, 5.41) is 2.65. The number of carbonyl (C=O) groups is 2. The van der Waals surface area contributed by atoms with Crippen molar-refractivity contribution >= 4 is 17.5 Å². The third-order valence-electron chi connectivity index (χ3n) is 5.13. The Morgan fingerprint density at radius 2 is 1.65 bits per heavy atom. The average molecular weight is 428 g/mol. The van der Waals surface area contributed by atoms with Crippen LogP contribution in [-0.4, -0.2) is 47.6 Å². The van der Waals surface area contributed by atoms with Crippen molar-refractivity contribution in [2.75, 3.05) is 31.6 Å². The highest BCUT2D eigenvalue weighted by atomic mass is 16.5. The van der Waals surface area contributed by atoms with Crippen molar-refractivity contribution in [3.05, 3.63) is 51.9 Å². The second-order valence-corrected chi connectivity index (χ2v) is 7.39. The zero-order valence-corrected chi connectivity index (χ0v) is 18.3. The normalized spacial score (nSPS) is 13.6. The van der Waals surface area contributed by atoms with E-state index >= 15 is 0 Å². The lowest BCUT2D eigenvalue weighted by Gasteiger charge is -2.27. The highest BCUT2D eigenvalue weighted by Gasteiger charge is 2.21. The van der Waals surface area contributed by atoms with E-state index in [1.165, 1.54) is 16.8 Å². The molecule has 2 aromatic rings. The van der Waals surface area contributed by atoms with Crippen LogP contribution < -0.4 is 20.3 Å². The van der Waals surface area contributed by atoms with Gasteiger partial charge in [-0.25, -0.2) is 0 Å². The summed E-state index contributed by atoms with van der Waals surface area (Å²) < 4.78 is 12.4. The molecular formula is C23H29N3O5. The van der Waals surface area contributed by atoms with Crippen LogP contribution in [0.3, 0.4) is 0 Å². The minimum Gasteiger partial charge on any atom is -0.490 e. The van der Waals surface area contributed by atoms with Gasteiger partial charge in [0.2, 0.25) is 0 Å². The van der Waals surface area contributed by atoms with Gasteiger partial charge in [0, 0.05) is 31.9 Å². The first kappa shape index (κ1) is 22.4. The van der Waals surface area contributed by atoms with E-state index in [1.807, 2.05) is 13.8 Å². The smallest absolute Gasteiger partial charge is 0.274 e. The van der Waals surface area contributed by atoms with Crippen LogP contribution >= 0.6 is 0 Å². The zero-order chi connectivity index (χ0) is 22.4. The van der Waals surface area contributed by atoms with E-state index in [1.54, 1.807) is 30.1 Å². The predicted molar refractivity (Wildman–Crippen MR) is 118 cm³/mol. The lowest BCUT2D eigenvalue weighted by molar-refractivity contribution is 0.0723. The van der Waals surface area contributed by atoms with Crippen molar-refractivity contribution in [2.24, 2.45) is 7.05 Å². The molecule has 1 aliphatic heterocycles. The van der Waals surface area contributed by atoms with Crippen molar-refractivity contribution in [1.29, 1.82) is 0 Å². The highest BCUT2D eigenvalue weighted by Crippen LogP contribution is 2.29. The second kappa shape index (κ2) is 10.1. The fourth-order valence-corrected chi connectivity index (χ4v) is 3.58. The number of nitrogens with zero attached hydrogens (tertiary/aromatic N) is 2. The number of aromatic nitrogens is 1. The molecule has 1 N–H and O–H groups in total. The molecule has 1 aromatic carbocycles. The molecule has 0 spiro atoms. The number of anilines is 1. The largest absolute Gasteiger partial charge is 0.490 e. The lowest BCUT2D eigenvalue weighted by Crippen LogP contribution is -2.36. The van der Waals surface area contributed by atoms with Crippen molar-refractivity contribution in [3.63, 3.8) is 0 Å². The van der Waals surface area contributed by atoms with Gasteiger partial charge in [-0.2, -0.15) is 0 Å². The first-order valence-electron chi connectivity index (χ1n) is 10.7. The van der Waals surface area contributed by atoms with Gasteiger partial charge in [0.1, 0.15) is 5.69 Å². The average Bonchev–Trinajstić information content (AvgIpc) is 2.78. The number of hydrogen-bond donors (Lipinski definition) is 1. The Labute approximate surface area is 181 Å². The summed E-state index contributed by atoms with van der Waals surface area (Å²) in [5.74, 6) is 0.402. The van der Waals surface area contributed by atoms with Gasteiger partial charge in [-0.1, -0.05) is 0 Å². The molecule has 166 valence electrons. The Hall–Kier alpha value is -3.29. The summed E-state index contributed by atoms with van der Waals surface area (Å²) in [5.41, 5.74) is 0.365. The number of nitrogens with one attached hydrogen (secondary N) is 1. The van der Waals surface area contributed by atoms with E-state index in [0.29, 0.717) is 48.9 Å². The molecule has 1 fully saturated rings. The molecule has 3 rings (SSSR count). The van der Waals surface area contributed by atoms with Gasteiger partial charge in [0.05, 0.1) is 18.8 Å². The third kappa shape index (κ3) is 5.25. The Balaban J connectivity index is 1.85. The number of likely N-dealkylation sites (tertiary alicyclic amines) is 1. The molecular weight excluding hydrogens is 398 g/mol. The summed E-state index contributed by atoms with van der Waals surface area (Å²) in [7, 11) is 1.56. The summed E-state index contributed by atoms with van der Waals surface area (Å²) >= 11 is 0. The van der Waals surface area contributed by atoms with Crippen molar-refractivity contribution in [1.82, 2.24) is 9.47 Å². The van der Waals surface area contributed by atoms with Crippen LogP contribution in [0.4, 0.5) is 5.69 Å². The summed E-state index contributed by atoms with van der Waals surface area (Å²) in [4.78, 5) is 40.1. The number of piperidine rings is 1. The molecule has 0 atom stereocenters. The van der Waals surface area contributed by atoms with E-state index < -0.39 is 5.91 Å². The minimum atomic E-state index is -0.469. The van der Waals surface area contributed by atoms with E-state index in [2.05, 4.69) is 5.32 Å². The van der Waals surface area contributed by atoms with Crippen LogP contribution in [0.25, 0.3) is 0 Å². The Morgan fingerprint density at radius 3 is 2.32 bits per heavy atom. The van der Waals surface area contributed by atoms with Crippen LogP contribution in [-0.2, 0) is 7.05 Å². The molecule has 0 bridgehead atoms. The molecule has 2 heterocycles. The number of amides is 2. The number of hydrogen-bond acceptors (Lipinski definition) is 5. The van der Waals surface area contributed by atoms with Crippen molar-refractivity contribution < 1.29 is 19.1 Å². The molecule has 0 aliphatic carbocycles. The van der Waals surface area contributed by atoms with Crippen LogP contribution in [0, 0.1) is 0 Å². The standard InChI is InChI=1S/C23H29N3O5/c1-4-30-19-10-9-16(14-20(19)31-5-2)21(27)24-18-13-17(15-25(3)23(18)29)22(28)26-11-7-6-8-12-26/h9-10,13-15H,4-8,11-12H2,1-3H3,(H,24,27). The van der Waals surface area contributed by atoms with Gasteiger partial charge in [-0.3, -0.25) is 14.4 Å². The molecule has 0 unspecified atom stereocenters. The molecule has 8 heteroatoms. The number of rotatable bonds is 7. The van der Waals surface area contributed by atoms with Gasteiger partial charge in [-0.05, 0) is 57.4 Å². The number of benzene rings is 1. The fourth-order valence-electron chi connectivity index (χ4n) is 3.58. The van der Waals surface area contributed by atoms with E-state index in [-0.39, 0.29) is 17.2 Å². The Kier molecular flexibility index (Phi) is 7.33. The Morgan fingerprint density at radius 1 is 0.968 bits per heavy atom. The van der Waals surface area contributed by atoms with Crippen LogP contribution in [0.5, 0.6) is 11.5 Å². The summed E-state index contributed by atoms with van der Waals surface area (Å²) in [6.45, 7) is 6.01. The maximum atomic E-state index is 12.9. The van der Waals surface area contributed by atoms with E-state index in [0.717, 1.165) is 19.3 Å². The molecule has 8 nitrogen and oxygen atoms in total. The molecule has 0 saturated carbocycles. The van der Waals surface area contributed by atoms with E-state index in [9.17, 15) is 14.4 Å². The highest BCUT2D eigenvalue weighted by molar-refractivity contribution is 6.05. The number of carbonyl (C=O) groups excluding carboxylic acids is 2. The zero-order valence-electron chi connectivity index (χ0n) is 18.3. The van der Waals surface area contributed by atoms with Gasteiger partial charge in [-0.15, -0.1) is 0 Å². The molecule has 1 saturated heterocycles. The molecule has 0 radical (unpaired) electrons. The Bertz CT molecular complexity index is 1010. The molecule has 31 heavy (non-hydrogen) atoms. The number of pyridine rings is 1. The van der Waals surface area contributed by atoms with Crippen LogP contribution in [0.15, 0.2) is 35.3 Å². The SMILES string of the molecule is CCOc1ccc(C(=O)Nc2cc(C(=O)N3CCCCC3)cn(C)c2=O)cc1OCC. The van der Waals surface area contributed by atoms with Gasteiger partial charge >= 0.3 is 0 Å². The first-order chi connectivity index (χ1) is 14.9.